The van der Waals surface area contributed by atoms with Crippen molar-refractivity contribution in [1.29, 1.82) is 0 Å². The lowest BCUT2D eigenvalue weighted by Gasteiger charge is -2.41. The van der Waals surface area contributed by atoms with Crippen LogP contribution in [0.3, 0.4) is 0 Å². The van der Waals surface area contributed by atoms with Crippen LogP contribution in [0, 0.1) is 0 Å². The number of hydrogen-bond acceptors (Lipinski definition) is 11. The lowest BCUT2D eigenvalue weighted by molar-refractivity contribution is -0.298. The molecule has 8 atom stereocenters. The van der Waals surface area contributed by atoms with Gasteiger partial charge in [0.2, 0.25) is 5.91 Å². The van der Waals surface area contributed by atoms with Gasteiger partial charge in [-0.15, -0.1) is 0 Å². The number of ether oxygens (including phenoxy) is 2. The molecular weight excluding hydrogens is 803 g/mol. The Kier molecular flexibility index (Phi) is 35.4. The molecule has 0 bridgehead atoms. The van der Waals surface area contributed by atoms with E-state index in [-0.39, 0.29) is 6.42 Å². The average molecular weight is 890 g/mol. The van der Waals surface area contributed by atoms with Gasteiger partial charge in [0.25, 0.3) is 0 Å². The largest absolute Gasteiger partial charge is 0.397 e. The zero-order valence-corrected chi connectivity index (χ0v) is 38.7. The van der Waals surface area contributed by atoms with Crippen molar-refractivity contribution in [2.24, 2.45) is 0 Å². The fourth-order valence-electron chi connectivity index (χ4n) is 7.41. The van der Waals surface area contributed by atoms with E-state index in [2.05, 4.69) is 47.7 Å². The van der Waals surface area contributed by atoms with Crippen molar-refractivity contribution in [3.05, 3.63) is 36.5 Å². The third kappa shape index (κ3) is 30.1. The summed E-state index contributed by atoms with van der Waals surface area (Å²) in [6.45, 7) is 3.16. The number of allylic oxidation sites excluding steroid dienone is 5. The summed E-state index contributed by atoms with van der Waals surface area (Å²) in [6, 6.07) is -1.14. The zero-order valence-electron chi connectivity index (χ0n) is 37.8. The van der Waals surface area contributed by atoms with Crippen molar-refractivity contribution in [2.75, 3.05) is 13.2 Å². The number of unbranched alkanes of at least 4 members (excludes halogenated alkanes) is 23. The summed E-state index contributed by atoms with van der Waals surface area (Å²) >= 11 is 0. The second-order valence-corrected chi connectivity index (χ2v) is 17.9. The average Bonchev–Trinajstić information content (AvgIpc) is 3.23. The van der Waals surface area contributed by atoms with Crippen LogP contribution in [-0.2, 0) is 28.9 Å². The lowest BCUT2D eigenvalue weighted by atomic mass is 9.99. The SMILES string of the molecule is CCCCC/C=C\CCCCCCC(O)C(=O)NC(COC1OC(CO)C(O)C(OS(=O)(=O)O)C1O)C(O)/C=C/CC/C=C/CCCCCCCCCCCCCCCCC. The topological polar surface area (TPSA) is 212 Å². The van der Waals surface area contributed by atoms with E-state index in [1.165, 1.54) is 115 Å². The summed E-state index contributed by atoms with van der Waals surface area (Å²) in [4.78, 5) is 13.1. The predicted octanol–water partition coefficient (Wildman–Crippen LogP) is 8.47. The van der Waals surface area contributed by atoms with Gasteiger partial charge < -0.3 is 40.3 Å². The summed E-state index contributed by atoms with van der Waals surface area (Å²) in [6.07, 6.45) is 32.4. The Hall–Kier alpha value is -1.72. The van der Waals surface area contributed by atoms with E-state index in [9.17, 15) is 43.3 Å². The number of aliphatic hydroxyl groups is 5. The van der Waals surface area contributed by atoms with E-state index in [1.54, 1.807) is 6.08 Å². The molecule has 1 saturated heterocycles. The lowest BCUT2D eigenvalue weighted by Crippen LogP contribution is -2.61. The molecule has 1 heterocycles. The number of amides is 1. The first-order valence-corrected chi connectivity index (χ1v) is 25.3. The highest BCUT2D eigenvalue weighted by Crippen LogP contribution is 2.26. The number of rotatable bonds is 40. The molecule has 358 valence electrons. The molecule has 1 fully saturated rings. The van der Waals surface area contributed by atoms with Crippen LogP contribution in [-0.4, -0.2) is 107 Å². The molecule has 0 aliphatic carbocycles. The van der Waals surface area contributed by atoms with Crippen LogP contribution < -0.4 is 5.32 Å². The van der Waals surface area contributed by atoms with Crippen LogP contribution >= 0.6 is 0 Å². The maximum Gasteiger partial charge on any atom is 0.397 e. The van der Waals surface area contributed by atoms with Crippen molar-refractivity contribution < 1.29 is 57.0 Å². The zero-order chi connectivity index (χ0) is 45.0. The van der Waals surface area contributed by atoms with Crippen molar-refractivity contribution in [3.63, 3.8) is 0 Å². The highest BCUT2D eigenvalue weighted by atomic mass is 32.3. The van der Waals surface area contributed by atoms with Gasteiger partial charge in [-0.05, 0) is 57.8 Å². The molecular formula is C47H87NO12S. The smallest absolute Gasteiger partial charge is 0.394 e. The third-order valence-corrected chi connectivity index (χ3v) is 11.7. The van der Waals surface area contributed by atoms with Crippen LogP contribution in [0.5, 0.6) is 0 Å². The van der Waals surface area contributed by atoms with E-state index in [0.717, 1.165) is 51.4 Å². The van der Waals surface area contributed by atoms with E-state index in [1.807, 2.05) is 0 Å². The van der Waals surface area contributed by atoms with Crippen molar-refractivity contribution >= 4 is 16.3 Å². The van der Waals surface area contributed by atoms with Gasteiger partial charge in [0.05, 0.1) is 25.4 Å². The molecule has 0 aromatic rings. The fourth-order valence-corrected chi connectivity index (χ4v) is 7.92. The number of carbonyl (C=O) groups excluding carboxylic acids is 1. The van der Waals surface area contributed by atoms with Gasteiger partial charge in [0, 0.05) is 0 Å². The van der Waals surface area contributed by atoms with E-state index in [0.29, 0.717) is 12.8 Å². The summed E-state index contributed by atoms with van der Waals surface area (Å²) in [5, 5.41) is 55.1. The number of carbonyl (C=O) groups is 1. The molecule has 13 nitrogen and oxygen atoms in total. The van der Waals surface area contributed by atoms with Crippen LogP contribution in [0.15, 0.2) is 36.5 Å². The molecule has 0 saturated carbocycles. The third-order valence-electron chi connectivity index (χ3n) is 11.3. The van der Waals surface area contributed by atoms with E-state index >= 15 is 0 Å². The maximum atomic E-state index is 13.1. The standard InChI is InChI=1S/C47H87NO12S/c1-3-5-7-9-11-13-15-16-17-18-19-20-21-22-23-24-26-27-29-31-33-35-40(50)39(38-58-47-44(53)45(60-61(55,56)57)43(52)42(37-49)59-47)48-46(54)41(51)36-34-32-30-28-25-14-12-10-8-6-4-2/h12,14,26-27,33,35,39-45,47,49-53H,3-11,13,15-25,28-32,34,36-38H2,1-2H3,(H,48,54)(H,55,56,57)/b14-12-,27-26+,35-33+. The molecule has 0 spiro atoms. The predicted molar refractivity (Wildman–Crippen MR) is 242 cm³/mol. The fraction of sp³-hybridized carbons (Fsp3) is 0.851. The van der Waals surface area contributed by atoms with Gasteiger partial charge in [-0.3, -0.25) is 9.35 Å². The Balaban J connectivity index is 2.57. The van der Waals surface area contributed by atoms with E-state index < -0.39 is 78.5 Å². The number of aliphatic hydroxyl groups excluding tert-OH is 5. The first-order chi connectivity index (χ1) is 29.4. The van der Waals surface area contributed by atoms with Crippen LogP contribution in [0.1, 0.15) is 194 Å². The van der Waals surface area contributed by atoms with E-state index in [4.69, 9.17) is 9.47 Å². The summed E-state index contributed by atoms with van der Waals surface area (Å²) in [5.41, 5.74) is 0. The Morgan fingerprint density at radius 1 is 0.656 bits per heavy atom. The van der Waals surface area contributed by atoms with Gasteiger partial charge in [-0.25, -0.2) is 4.18 Å². The molecule has 14 heteroatoms. The molecule has 1 aliphatic heterocycles. The minimum Gasteiger partial charge on any atom is -0.394 e. The molecule has 0 radical (unpaired) electrons. The first kappa shape index (κ1) is 57.3. The van der Waals surface area contributed by atoms with Gasteiger partial charge in [-0.1, -0.05) is 172 Å². The van der Waals surface area contributed by atoms with Crippen molar-refractivity contribution in [1.82, 2.24) is 5.32 Å². The van der Waals surface area contributed by atoms with Crippen molar-refractivity contribution in [3.8, 4) is 0 Å². The number of nitrogens with one attached hydrogen (secondary N) is 1. The monoisotopic (exact) mass is 890 g/mol. The summed E-state index contributed by atoms with van der Waals surface area (Å²) < 4.78 is 47.5. The quantitative estimate of drug-likeness (QED) is 0.0175. The molecule has 61 heavy (non-hydrogen) atoms. The second-order valence-electron chi connectivity index (χ2n) is 16.8. The molecule has 7 N–H and O–H groups in total. The highest BCUT2D eigenvalue weighted by Gasteiger charge is 2.48. The minimum absolute atomic E-state index is 0.221. The van der Waals surface area contributed by atoms with Gasteiger partial charge in [0.1, 0.15) is 30.5 Å². The Morgan fingerprint density at radius 3 is 1.61 bits per heavy atom. The van der Waals surface area contributed by atoms with Gasteiger partial charge in [0.15, 0.2) is 6.29 Å². The molecule has 1 aliphatic rings. The van der Waals surface area contributed by atoms with Crippen LogP contribution in [0.2, 0.25) is 0 Å². The Morgan fingerprint density at radius 2 is 1.10 bits per heavy atom. The van der Waals surface area contributed by atoms with Crippen LogP contribution in [0.25, 0.3) is 0 Å². The minimum atomic E-state index is -5.12. The highest BCUT2D eigenvalue weighted by molar-refractivity contribution is 7.80. The molecule has 8 unspecified atom stereocenters. The van der Waals surface area contributed by atoms with Crippen LogP contribution in [0.4, 0.5) is 0 Å². The number of hydrogen-bond donors (Lipinski definition) is 7. The summed E-state index contributed by atoms with van der Waals surface area (Å²) in [5.74, 6) is -0.723. The van der Waals surface area contributed by atoms with Gasteiger partial charge in [-0.2, -0.15) is 8.42 Å². The summed E-state index contributed by atoms with van der Waals surface area (Å²) in [7, 11) is -5.12. The molecule has 0 aromatic heterocycles. The van der Waals surface area contributed by atoms with Gasteiger partial charge >= 0.3 is 10.4 Å². The molecule has 0 aromatic carbocycles. The first-order valence-electron chi connectivity index (χ1n) is 24.0. The molecule has 1 amide bonds. The maximum absolute atomic E-state index is 13.1. The Bertz CT molecular complexity index is 1250. The molecule has 1 rings (SSSR count). The Labute approximate surface area is 369 Å². The second kappa shape index (κ2) is 37.6. The van der Waals surface area contributed by atoms with Crippen molar-refractivity contribution in [2.45, 2.75) is 243 Å². The normalized spacial score (nSPS) is 21.5.